The number of fused-ring (bicyclic) bond motifs is 1. The molecule has 0 radical (unpaired) electrons. The first-order chi connectivity index (χ1) is 11.7. The zero-order chi connectivity index (χ0) is 16.5. The number of allylic oxidation sites excluding steroid dienone is 1. The minimum Gasteiger partial charge on any atom is -0.378 e. The molecule has 1 saturated heterocycles. The first-order valence-corrected chi connectivity index (χ1v) is 7.87. The molecule has 122 valence electrons. The maximum Gasteiger partial charge on any atom is 0.249 e. The third-order valence-corrected chi connectivity index (χ3v) is 4.20. The van der Waals surface area contributed by atoms with Crippen LogP contribution in [0.4, 0.5) is 5.82 Å². The van der Waals surface area contributed by atoms with Crippen LogP contribution in [0.25, 0.3) is 10.9 Å². The number of primary amides is 1. The lowest BCUT2D eigenvalue weighted by Crippen LogP contribution is -2.37. The van der Waals surface area contributed by atoms with Gasteiger partial charge in [-0.15, -0.1) is 0 Å². The molecule has 2 aliphatic rings. The van der Waals surface area contributed by atoms with Gasteiger partial charge >= 0.3 is 0 Å². The van der Waals surface area contributed by atoms with Gasteiger partial charge < -0.3 is 15.4 Å². The van der Waals surface area contributed by atoms with Crippen LogP contribution in [0.3, 0.4) is 0 Å². The van der Waals surface area contributed by atoms with Crippen molar-refractivity contribution in [3.05, 3.63) is 41.7 Å². The molecule has 2 N–H and O–H groups in total. The highest BCUT2D eigenvalue weighted by atomic mass is 16.5. The lowest BCUT2D eigenvalue weighted by molar-refractivity contribution is 0.100. The Hall–Kier alpha value is -2.80. The van der Waals surface area contributed by atoms with Crippen LogP contribution >= 0.6 is 0 Å². The van der Waals surface area contributed by atoms with Crippen molar-refractivity contribution in [3.8, 4) is 0 Å². The Balaban J connectivity index is 1.93. The molecule has 0 aliphatic carbocycles. The Labute approximate surface area is 138 Å². The predicted molar refractivity (Wildman–Crippen MR) is 91.6 cm³/mol. The first-order valence-electron chi connectivity index (χ1n) is 7.87. The van der Waals surface area contributed by atoms with E-state index in [-0.39, 0.29) is 0 Å². The number of anilines is 1. The quantitative estimate of drug-likeness (QED) is 0.906. The molecule has 4 heterocycles. The number of hydrogen-bond acceptors (Lipinski definition) is 6. The van der Waals surface area contributed by atoms with Crippen LogP contribution in [0.15, 0.2) is 35.5 Å². The summed E-state index contributed by atoms with van der Waals surface area (Å²) in [5, 5.41) is 0.701. The molecule has 2 aromatic heterocycles. The number of aliphatic imine (C=N–C) groups is 1. The Morgan fingerprint density at radius 1 is 1.29 bits per heavy atom. The van der Waals surface area contributed by atoms with E-state index in [1.54, 1.807) is 18.3 Å². The monoisotopic (exact) mass is 323 g/mol. The van der Waals surface area contributed by atoms with Gasteiger partial charge in [-0.3, -0.25) is 14.8 Å². The lowest BCUT2D eigenvalue weighted by atomic mass is 10.1. The van der Waals surface area contributed by atoms with Crippen molar-refractivity contribution >= 4 is 28.3 Å². The Morgan fingerprint density at radius 2 is 2.12 bits per heavy atom. The maximum atomic E-state index is 12.0. The van der Waals surface area contributed by atoms with E-state index in [0.717, 1.165) is 24.6 Å². The van der Waals surface area contributed by atoms with Gasteiger partial charge in [0.05, 0.1) is 31.0 Å². The van der Waals surface area contributed by atoms with Crippen LogP contribution in [0.5, 0.6) is 0 Å². The summed E-state index contributed by atoms with van der Waals surface area (Å²) in [5.41, 5.74) is 8.17. The fourth-order valence-corrected chi connectivity index (χ4v) is 3.01. The van der Waals surface area contributed by atoms with Gasteiger partial charge in [0.15, 0.2) is 0 Å². The molecule has 0 atom stereocenters. The number of nitrogens with two attached hydrogens (primary N) is 1. The zero-order valence-corrected chi connectivity index (χ0v) is 13.1. The van der Waals surface area contributed by atoms with Crippen LogP contribution in [-0.2, 0) is 4.74 Å². The summed E-state index contributed by atoms with van der Waals surface area (Å²) in [7, 11) is 0. The van der Waals surface area contributed by atoms with E-state index in [2.05, 4.69) is 14.9 Å². The predicted octanol–water partition coefficient (Wildman–Crippen LogP) is 0.924. The van der Waals surface area contributed by atoms with Crippen LogP contribution in [0.2, 0.25) is 0 Å². The second kappa shape index (κ2) is 6.01. The standard InChI is InChI=1S/C17H17N5O2/c18-17(23)12-10-14(22-6-8-24-9-7-22)21-15-11(12)3-5-20-16(15)13-2-1-4-19-13/h1-3,5,10H,4,6-9H2,(H2,18,23). The minimum absolute atomic E-state index is 0.452. The van der Waals surface area contributed by atoms with Crippen molar-refractivity contribution in [2.24, 2.45) is 10.7 Å². The van der Waals surface area contributed by atoms with E-state index in [1.807, 2.05) is 12.2 Å². The summed E-state index contributed by atoms with van der Waals surface area (Å²) >= 11 is 0. The summed E-state index contributed by atoms with van der Waals surface area (Å²) in [5.74, 6) is 0.245. The highest BCUT2D eigenvalue weighted by molar-refractivity contribution is 6.17. The van der Waals surface area contributed by atoms with Gasteiger partial charge in [0.1, 0.15) is 17.0 Å². The van der Waals surface area contributed by atoms with Crippen LogP contribution < -0.4 is 10.6 Å². The molecule has 4 rings (SSSR count). The Morgan fingerprint density at radius 3 is 2.83 bits per heavy atom. The molecule has 0 aromatic carbocycles. The van der Waals surface area contributed by atoms with Gasteiger partial charge in [0, 0.05) is 24.7 Å². The van der Waals surface area contributed by atoms with Crippen molar-refractivity contribution in [1.29, 1.82) is 0 Å². The van der Waals surface area contributed by atoms with Crippen LogP contribution in [-0.4, -0.2) is 54.4 Å². The second-order valence-corrected chi connectivity index (χ2v) is 5.68. The van der Waals surface area contributed by atoms with Gasteiger partial charge in [-0.2, -0.15) is 0 Å². The largest absolute Gasteiger partial charge is 0.378 e. The first kappa shape index (κ1) is 14.8. The molecule has 7 nitrogen and oxygen atoms in total. The number of pyridine rings is 2. The van der Waals surface area contributed by atoms with Gasteiger partial charge in [-0.05, 0) is 18.2 Å². The fraction of sp³-hybridized carbons (Fsp3) is 0.294. The van der Waals surface area contributed by atoms with E-state index in [4.69, 9.17) is 15.5 Å². The Kier molecular flexibility index (Phi) is 3.70. The number of carbonyl (C=O) groups excluding carboxylic acids is 1. The van der Waals surface area contributed by atoms with Crippen molar-refractivity contribution in [3.63, 3.8) is 0 Å². The van der Waals surface area contributed by atoms with Crippen LogP contribution in [0, 0.1) is 0 Å². The van der Waals surface area contributed by atoms with Crippen molar-refractivity contribution in [2.45, 2.75) is 0 Å². The number of aromatic nitrogens is 2. The molecule has 7 heteroatoms. The molecule has 24 heavy (non-hydrogen) atoms. The average Bonchev–Trinajstić information content (AvgIpc) is 3.15. The number of amides is 1. The molecule has 0 spiro atoms. The van der Waals surface area contributed by atoms with Gasteiger partial charge in [0.2, 0.25) is 5.91 Å². The summed E-state index contributed by atoms with van der Waals surface area (Å²) < 4.78 is 5.39. The highest BCUT2D eigenvalue weighted by Gasteiger charge is 2.20. The van der Waals surface area contributed by atoms with Gasteiger partial charge in [-0.1, -0.05) is 6.08 Å². The molecule has 0 saturated carbocycles. The molecular weight excluding hydrogens is 306 g/mol. The maximum absolute atomic E-state index is 12.0. The van der Waals surface area contributed by atoms with Gasteiger partial charge in [0.25, 0.3) is 0 Å². The van der Waals surface area contributed by atoms with E-state index in [1.165, 1.54) is 0 Å². The molecule has 2 aliphatic heterocycles. The highest BCUT2D eigenvalue weighted by Crippen LogP contribution is 2.26. The third-order valence-electron chi connectivity index (χ3n) is 4.20. The van der Waals surface area contributed by atoms with Crippen LogP contribution in [0.1, 0.15) is 16.1 Å². The summed E-state index contributed by atoms with van der Waals surface area (Å²) in [4.78, 5) is 27.7. The van der Waals surface area contributed by atoms with E-state index >= 15 is 0 Å². The number of carbonyl (C=O) groups is 1. The molecule has 0 bridgehead atoms. The van der Waals surface area contributed by atoms with E-state index in [9.17, 15) is 4.79 Å². The molecule has 0 unspecified atom stereocenters. The SMILES string of the molecule is NC(=O)c1cc(N2CCOCC2)nc2c(C3=NCC=C3)nccc12. The lowest BCUT2D eigenvalue weighted by Gasteiger charge is -2.28. The van der Waals surface area contributed by atoms with Crippen molar-refractivity contribution in [2.75, 3.05) is 37.7 Å². The summed E-state index contributed by atoms with van der Waals surface area (Å²) in [6, 6.07) is 3.53. The molecule has 1 amide bonds. The fourth-order valence-electron chi connectivity index (χ4n) is 3.01. The average molecular weight is 323 g/mol. The zero-order valence-electron chi connectivity index (χ0n) is 13.1. The summed E-state index contributed by atoms with van der Waals surface area (Å²) in [6.07, 6.45) is 5.56. The molecule has 2 aromatic rings. The third kappa shape index (κ3) is 2.52. The number of nitrogens with zero attached hydrogens (tertiary/aromatic N) is 4. The number of morpholine rings is 1. The topological polar surface area (TPSA) is 93.7 Å². The second-order valence-electron chi connectivity index (χ2n) is 5.68. The smallest absolute Gasteiger partial charge is 0.249 e. The molecule has 1 fully saturated rings. The van der Waals surface area contributed by atoms with Gasteiger partial charge in [-0.25, -0.2) is 4.98 Å². The van der Waals surface area contributed by atoms with Crippen molar-refractivity contribution < 1.29 is 9.53 Å². The minimum atomic E-state index is -0.474. The summed E-state index contributed by atoms with van der Waals surface area (Å²) in [6.45, 7) is 3.38. The molecular formula is C17H17N5O2. The van der Waals surface area contributed by atoms with E-state index in [0.29, 0.717) is 41.9 Å². The number of rotatable bonds is 3. The van der Waals surface area contributed by atoms with E-state index < -0.39 is 5.91 Å². The number of ether oxygens (including phenoxy) is 1. The number of hydrogen-bond donors (Lipinski definition) is 1. The van der Waals surface area contributed by atoms with Crippen molar-refractivity contribution in [1.82, 2.24) is 9.97 Å². The Bertz CT molecular complexity index is 869. The normalized spacial score (nSPS) is 17.3.